The number of ether oxygens (including phenoxy) is 11. The third-order valence-corrected chi connectivity index (χ3v) is 16.8. The predicted molar refractivity (Wildman–Crippen MR) is 332 cm³/mol. The molecule has 5 aliphatic heterocycles. The van der Waals surface area contributed by atoms with Crippen LogP contribution in [0.15, 0.2) is 65.2 Å². The molecule has 5 aromatic rings. The zero-order chi connectivity index (χ0) is 62.2. The van der Waals surface area contributed by atoms with Crippen LogP contribution in [0.4, 0.5) is 11.4 Å². The van der Waals surface area contributed by atoms with Gasteiger partial charge in [-0.2, -0.15) is 9.78 Å². The third-order valence-electron chi connectivity index (χ3n) is 16.8. The monoisotopic (exact) mass is 1230 g/mol. The summed E-state index contributed by atoms with van der Waals surface area (Å²) >= 11 is 0. The molecule has 13 rings (SSSR count). The van der Waals surface area contributed by atoms with Crippen LogP contribution in [0.2, 0.25) is 0 Å². The molecule has 24 heteroatoms. The van der Waals surface area contributed by atoms with Crippen LogP contribution in [0, 0.1) is 45.3 Å². The van der Waals surface area contributed by atoms with Gasteiger partial charge in [0, 0.05) is 97.7 Å². The number of hydrazone groups is 1. The summed E-state index contributed by atoms with van der Waals surface area (Å²) in [6.45, 7) is 21.4. The maximum absolute atomic E-state index is 7.08. The van der Waals surface area contributed by atoms with E-state index >= 15 is 0 Å². The van der Waals surface area contributed by atoms with Crippen LogP contribution in [0.25, 0.3) is 22.6 Å². The van der Waals surface area contributed by atoms with Crippen molar-refractivity contribution in [2.75, 3.05) is 117 Å². The molecule has 0 radical (unpaired) electrons. The molecule has 8 aliphatic rings. The summed E-state index contributed by atoms with van der Waals surface area (Å²) in [7, 11) is 5.77. The first kappa shape index (κ1) is 61.7. The van der Waals surface area contributed by atoms with E-state index in [-0.39, 0.29) is 59.1 Å². The van der Waals surface area contributed by atoms with Gasteiger partial charge in [-0.3, -0.25) is 4.99 Å². The van der Waals surface area contributed by atoms with Crippen LogP contribution in [0.5, 0.6) is 11.5 Å². The lowest BCUT2D eigenvalue weighted by Crippen LogP contribution is -2.66. The predicted octanol–water partition coefficient (Wildman–Crippen LogP) is 5.49. The molecule has 3 aliphatic carbocycles. The number of rotatable bonds is 22. The number of aliphatic imine (C=N–C) groups is 1. The number of hydrogen-bond donors (Lipinski definition) is 1. The summed E-state index contributed by atoms with van der Waals surface area (Å²) in [4.78, 5) is 21.3. The average Bonchev–Trinajstić information content (AvgIpc) is 1.45. The van der Waals surface area contributed by atoms with Crippen molar-refractivity contribution in [3.05, 3.63) is 71.9 Å². The van der Waals surface area contributed by atoms with Crippen molar-refractivity contribution in [1.82, 2.24) is 40.3 Å². The largest absolute Gasteiger partial charge is 0.486 e. The van der Waals surface area contributed by atoms with Crippen LogP contribution >= 0.6 is 0 Å². The zero-order valence-corrected chi connectivity index (χ0v) is 53.2. The van der Waals surface area contributed by atoms with Gasteiger partial charge in [-0.25, -0.2) is 14.6 Å². The first-order chi connectivity index (χ1) is 43.4. The topological polar surface area (TPSA) is 223 Å². The number of nitrogens with zero attached hydrogens (tertiary/aromatic N) is 12. The summed E-state index contributed by atoms with van der Waals surface area (Å²) in [5.41, 5.74) is 10.8. The summed E-state index contributed by atoms with van der Waals surface area (Å²) in [5, 5.41) is 19.3. The highest BCUT2D eigenvalue weighted by atomic mass is 16.7. The normalized spacial score (nSPS) is 24.3. The molecule has 4 atom stereocenters. The molecule has 24 nitrogen and oxygen atoms in total. The van der Waals surface area contributed by atoms with E-state index in [0.29, 0.717) is 124 Å². The molecular formula is C66H84N13O11+. The van der Waals surface area contributed by atoms with Crippen molar-refractivity contribution in [2.45, 2.75) is 130 Å². The van der Waals surface area contributed by atoms with Gasteiger partial charge in [-0.05, 0) is 48.0 Å². The second kappa shape index (κ2) is 25.9. The minimum absolute atomic E-state index is 0.0596. The molecule has 478 valence electrons. The Morgan fingerprint density at radius 1 is 0.778 bits per heavy atom. The van der Waals surface area contributed by atoms with E-state index in [2.05, 4.69) is 134 Å². The van der Waals surface area contributed by atoms with Gasteiger partial charge in [0.1, 0.15) is 59.7 Å². The van der Waals surface area contributed by atoms with Gasteiger partial charge < -0.3 is 67.3 Å². The van der Waals surface area contributed by atoms with Crippen molar-refractivity contribution in [1.29, 1.82) is 0 Å². The van der Waals surface area contributed by atoms with Gasteiger partial charge in [0.05, 0.1) is 107 Å². The van der Waals surface area contributed by atoms with Crippen LogP contribution in [0.3, 0.4) is 0 Å². The van der Waals surface area contributed by atoms with Crippen LogP contribution in [-0.4, -0.2) is 197 Å². The molecule has 3 saturated carbocycles. The molecule has 4 aromatic heterocycles. The van der Waals surface area contributed by atoms with Gasteiger partial charge in [0.25, 0.3) is 5.69 Å². The van der Waals surface area contributed by atoms with Crippen molar-refractivity contribution in [3.8, 4) is 57.8 Å². The molecule has 90 heavy (non-hydrogen) atoms. The quantitative estimate of drug-likeness (QED) is 0.0392. The maximum Gasteiger partial charge on any atom is 0.250 e. The molecule has 4 unspecified atom stereocenters. The van der Waals surface area contributed by atoms with E-state index in [4.69, 9.17) is 77.3 Å². The molecule has 1 aromatic carbocycles. The lowest BCUT2D eigenvalue weighted by Gasteiger charge is -2.56. The van der Waals surface area contributed by atoms with Crippen LogP contribution in [0.1, 0.15) is 90.1 Å². The van der Waals surface area contributed by atoms with E-state index in [9.17, 15) is 0 Å². The van der Waals surface area contributed by atoms with E-state index in [0.717, 1.165) is 56.1 Å². The highest BCUT2D eigenvalue weighted by Crippen LogP contribution is 2.44. The summed E-state index contributed by atoms with van der Waals surface area (Å²) in [6.07, 6.45) is 10.7. The Hall–Kier alpha value is -7.10. The third kappa shape index (κ3) is 15.1. The smallest absolute Gasteiger partial charge is 0.250 e. The standard InChI is InChI=1S/C66H84N13O11/c1-63(2)35-83-58(84-36-63)28-67-27-49(71-70-48-23-54(48)89-57-21-44(13-11-19-82-46-15-16-46)26-69-62(57)51-29-77(74-72-51)31-59-85-37-64(3,4)38-86-59)61-56(20-43(25-68-61)12-10-18-80-9)90-55-24-53(55)79-73-50(30-78(79)32-60-87-39-65(5,6)40-88-60)47-17-14-45(22-52(47)75(7)8)76-33-66(34-76)41-81-42-66/h14,17,20-22,25-27,29-30,46,48,53-55,58-60,70H,15-16,18-19,23-24,28,31-42H2,1-9H3/q+1/b67-27?,71-49+. The Bertz CT molecular complexity index is 3550. The number of benzene rings is 1. The fourth-order valence-corrected chi connectivity index (χ4v) is 11.2. The van der Waals surface area contributed by atoms with Gasteiger partial charge in [-0.1, -0.05) is 70.4 Å². The fourth-order valence-electron chi connectivity index (χ4n) is 11.2. The molecule has 1 spiro atoms. The number of hydrogen-bond acceptors (Lipinski definition) is 21. The maximum atomic E-state index is 7.08. The number of aromatic nitrogens is 8. The first-order valence-electron chi connectivity index (χ1n) is 31.4. The first-order valence-corrected chi connectivity index (χ1v) is 31.4. The average molecular weight is 1240 g/mol. The van der Waals surface area contributed by atoms with Gasteiger partial charge in [0.2, 0.25) is 0 Å². The SMILES string of the molecule is COCC#Cc1cnc(/C(C=NCC2OCC(C)(C)CO2)=N/NC2CC2Oc2cc(C#CCOC3CC3)cnc2-c2cn(CC3OCC(C)(C)CO3)nn2)c(OC2CC2n2nc(-c3ccc(N4CC5(COC5)C4)cc3N(C)C)c[n+]2CC2OCC(C)(C)CO2)c1. The molecule has 8 fully saturated rings. The Morgan fingerprint density at radius 3 is 2.12 bits per heavy atom. The molecule has 1 N–H and O–H groups in total. The number of nitrogens with one attached hydrogen (secondary N) is 1. The zero-order valence-electron chi connectivity index (χ0n) is 53.2. The Balaban J connectivity index is 0.773. The molecule has 0 amide bonds. The van der Waals surface area contributed by atoms with Crippen molar-refractivity contribution >= 4 is 23.3 Å². The van der Waals surface area contributed by atoms with Crippen molar-refractivity contribution in [2.24, 2.45) is 31.8 Å². The molecule has 0 bridgehead atoms. The highest BCUT2D eigenvalue weighted by Gasteiger charge is 2.51. The second-order valence-corrected chi connectivity index (χ2v) is 27.7. The minimum atomic E-state index is -0.528. The minimum Gasteiger partial charge on any atom is -0.486 e. The Morgan fingerprint density at radius 2 is 1.44 bits per heavy atom. The van der Waals surface area contributed by atoms with Crippen molar-refractivity contribution in [3.63, 3.8) is 0 Å². The summed E-state index contributed by atoms with van der Waals surface area (Å²) in [5.74, 6) is 13.6. The Labute approximate surface area is 526 Å². The van der Waals surface area contributed by atoms with Crippen molar-refractivity contribution < 1.29 is 56.8 Å². The fraction of sp³-hybridized carbons (Fsp3) is 0.606. The summed E-state index contributed by atoms with van der Waals surface area (Å²) in [6, 6.07) is 10.1. The van der Waals surface area contributed by atoms with Crippen LogP contribution < -0.4 is 29.4 Å². The van der Waals surface area contributed by atoms with E-state index in [1.807, 2.05) is 23.1 Å². The number of anilines is 2. The molecule has 5 saturated heterocycles. The van der Waals surface area contributed by atoms with Crippen LogP contribution in [-0.2, 0) is 55.7 Å². The van der Waals surface area contributed by atoms with Gasteiger partial charge >= 0.3 is 0 Å². The number of methoxy groups -OCH3 is 1. The lowest BCUT2D eigenvalue weighted by atomic mass is 9.77. The highest BCUT2D eigenvalue weighted by molar-refractivity contribution is 6.38. The van der Waals surface area contributed by atoms with E-state index in [1.165, 1.54) is 5.69 Å². The molecular weight excluding hydrogens is 1150 g/mol. The second-order valence-electron chi connectivity index (χ2n) is 27.7. The van der Waals surface area contributed by atoms with E-state index < -0.39 is 18.9 Å². The van der Waals surface area contributed by atoms with Gasteiger partial charge in [-0.15, -0.1) is 5.10 Å². The van der Waals surface area contributed by atoms with E-state index in [1.54, 1.807) is 30.4 Å². The Kier molecular flexibility index (Phi) is 17.8. The molecule has 9 heterocycles. The number of pyridine rings is 2. The summed E-state index contributed by atoms with van der Waals surface area (Å²) < 4.78 is 71.2. The van der Waals surface area contributed by atoms with Gasteiger partial charge in [0.15, 0.2) is 37.7 Å². The lowest BCUT2D eigenvalue weighted by molar-refractivity contribution is -0.791.